The number of H-pyrrole nitrogens is 1. The van der Waals surface area contributed by atoms with Gasteiger partial charge in [-0.1, -0.05) is 0 Å². The topological polar surface area (TPSA) is 102 Å². The first-order chi connectivity index (χ1) is 8.11. The number of carbonyl (C=O) groups excluding carboxylic acids is 1. The van der Waals surface area contributed by atoms with Crippen molar-refractivity contribution in [2.75, 3.05) is 0 Å². The molecule has 18 heavy (non-hydrogen) atoms. The van der Waals surface area contributed by atoms with Crippen LogP contribution in [0.15, 0.2) is 10.9 Å². The summed E-state index contributed by atoms with van der Waals surface area (Å²) < 4.78 is 39.2. The van der Waals surface area contributed by atoms with E-state index < -0.39 is 39.2 Å². The number of nitro groups is 1. The minimum Gasteiger partial charge on any atom is -0.382 e. The van der Waals surface area contributed by atoms with Crippen molar-refractivity contribution < 1.29 is 27.6 Å². The molecule has 1 aromatic heterocycles. The molecule has 0 amide bonds. The van der Waals surface area contributed by atoms with Crippen LogP contribution in [0.2, 0.25) is 0 Å². The van der Waals surface area contributed by atoms with Crippen LogP contribution in [0.4, 0.5) is 18.9 Å². The Balaban J connectivity index is 3.54. The third-order valence-electron chi connectivity index (χ3n) is 1.59. The lowest BCUT2D eigenvalue weighted by Crippen LogP contribution is -2.22. The third-order valence-corrected chi connectivity index (χ3v) is 1.80. The van der Waals surface area contributed by atoms with Crippen LogP contribution in [0.1, 0.15) is 10.4 Å². The minimum absolute atomic E-state index is 0.400. The molecule has 0 spiro atoms. The monoisotopic (exact) mass is 286 g/mol. The second kappa shape index (κ2) is 4.64. The van der Waals surface area contributed by atoms with Gasteiger partial charge in [0, 0.05) is 6.07 Å². The summed E-state index contributed by atoms with van der Waals surface area (Å²) in [5, 5.41) is 9.11. The molecule has 0 atom stereocenters. The Labute approximate surface area is 100 Å². The number of pyridine rings is 1. The van der Waals surface area contributed by atoms with Crippen LogP contribution < -0.4 is 10.3 Å². The van der Waals surface area contributed by atoms with Crippen molar-refractivity contribution in [3.05, 3.63) is 32.1 Å². The zero-order valence-corrected chi connectivity index (χ0v) is 8.83. The third kappa shape index (κ3) is 3.20. The Morgan fingerprint density at radius 3 is 2.44 bits per heavy atom. The average molecular weight is 287 g/mol. The summed E-state index contributed by atoms with van der Waals surface area (Å²) in [6, 6.07) is 0.400. The number of nitrogens with one attached hydrogen (secondary N) is 1. The van der Waals surface area contributed by atoms with Crippen molar-refractivity contribution in [2.45, 2.75) is 6.36 Å². The number of nitrogens with zero attached hydrogens (tertiary/aromatic N) is 1. The van der Waals surface area contributed by atoms with Gasteiger partial charge in [-0.15, -0.1) is 13.2 Å². The molecule has 0 aliphatic carbocycles. The quantitative estimate of drug-likeness (QED) is 0.516. The molecule has 0 aromatic carbocycles. The lowest BCUT2D eigenvalue weighted by molar-refractivity contribution is -0.389. The second-order valence-corrected chi connectivity index (χ2v) is 3.15. The number of halogens is 4. The lowest BCUT2D eigenvalue weighted by Gasteiger charge is -2.09. The minimum atomic E-state index is -5.28. The van der Waals surface area contributed by atoms with Gasteiger partial charge in [-0.05, 0) is 11.6 Å². The van der Waals surface area contributed by atoms with Crippen molar-refractivity contribution in [3.8, 4) is 5.88 Å². The molecule has 1 N–H and O–H groups in total. The van der Waals surface area contributed by atoms with Crippen LogP contribution in [0.3, 0.4) is 0 Å². The first-order valence-electron chi connectivity index (χ1n) is 3.99. The van der Waals surface area contributed by atoms with Crippen LogP contribution in [-0.2, 0) is 0 Å². The molecular weight excluding hydrogens is 285 g/mol. The molecule has 0 aliphatic rings. The van der Waals surface area contributed by atoms with E-state index in [1.165, 1.54) is 4.98 Å². The molecule has 7 nitrogen and oxygen atoms in total. The molecule has 0 unspecified atom stereocenters. The SMILES string of the molecule is O=C(Cl)c1cc(=O)[nH]c(OC(F)(F)F)c1[N+](=O)[O-]. The van der Waals surface area contributed by atoms with Gasteiger partial charge in [-0.2, -0.15) is 0 Å². The van der Waals surface area contributed by atoms with E-state index in [-0.39, 0.29) is 0 Å². The Morgan fingerprint density at radius 1 is 1.50 bits per heavy atom. The van der Waals surface area contributed by atoms with Gasteiger partial charge >= 0.3 is 12.0 Å². The van der Waals surface area contributed by atoms with E-state index in [9.17, 15) is 32.9 Å². The molecule has 0 aliphatic heterocycles. The van der Waals surface area contributed by atoms with Gasteiger partial charge in [0.2, 0.25) is 0 Å². The number of ether oxygens (including phenoxy) is 1. The van der Waals surface area contributed by atoms with E-state index in [1.54, 1.807) is 0 Å². The molecule has 0 bridgehead atoms. The smallest absolute Gasteiger partial charge is 0.382 e. The molecule has 0 fully saturated rings. The number of carbonyl (C=O) groups is 1. The molecule has 98 valence electrons. The van der Waals surface area contributed by atoms with Gasteiger partial charge in [0.25, 0.3) is 16.7 Å². The number of rotatable bonds is 3. The molecule has 11 heteroatoms. The van der Waals surface area contributed by atoms with Gasteiger partial charge in [-0.3, -0.25) is 24.7 Å². The van der Waals surface area contributed by atoms with Crippen molar-refractivity contribution >= 4 is 22.5 Å². The summed E-state index contributed by atoms with van der Waals surface area (Å²) in [7, 11) is 0. The van der Waals surface area contributed by atoms with Gasteiger partial charge in [0.15, 0.2) is 0 Å². The highest BCUT2D eigenvalue weighted by Crippen LogP contribution is 2.32. The fraction of sp³-hybridized carbons (Fsp3) is 0.143. The second-order valence-electron chi connectivity index (χ2n) is 2.80. The standard InChI is InChI=1S/C7H2ClF3N2O5/c8-5(15)2-1-3(14)12-6(4(2)13(16)17)18-7(9,10)11/h1H,(H,12,14). The average Bonchev–Trinajstić information content (AvgIpc) is 2.12. The van der Waals surface area contributed by atoms with E-state index in [0.29, 0.717) is 6.07 Å². The number of hydrogen-bond donors (Lipinski definition) is 1. The normalized spacial score (nSPS) is 11.1. The molecule has 0 saturated heterocycles. The number of alkyl halides is 3. The largest absolute Gasteiger partial charge is 0.574 e. The molecule has 1 rings (SSSR count). The summed E-state index contributed by atoms with van der Waals surface area (Å²) in [5.41, 5.74) is -3.57. The maximum absolute atomic E-state index is 12.0. The summed E-state index contributed by atoms with van der Waals surface area (Å²) in [6.07, 6.45) is -5.28. The summed E-state index contributed by atoms with van der Waals surface area (Å²) >= 11 is 4.93. The summed E-state index contributed by atoms with van der Waals surface area (Å²) in [6.45, 7) is 0. The van der Waals surface area contributed by atoms with E-state index in [1.807, 2.05) is 0 Å². The van der Waals surface area contributed by atoms with Crippen LogP contribution in [-0.4, -0.2) is 21.5 Å². The Kier molecular flexibility index (Phi) is 3.60. The number of hydrogen-bond acceptors (Lipinski definition) is 5. The number of aromatic nitrogens is 1. The Hall–Kier alpha value is -2.10. The predicted molar refractivity (Wildman–Crippen MR) is 50.6 cm³/mol. The van der Waals surface area contributed by atoms with E-state index in [2.05, 4.69) is 4.74 Å². The van der Waals surface area contributed by atoms with Crippen LogP contribution in [0, 0.1) is 10.1 Å². The molecule has 1 aromatic rings. The number of aromatic amines is 1. The zero-order valence-electron chi connectivity index (χ0n) is 8.08. The molecular formula is C7H2ClF3N2O5. The predicted octanol–water partition coefficient (Wildman–Crippen LogP) is 1.56. The van der Waals surface area contributed by atoms with Gasteiger partial charge in [0.1, 0.15) is 5.56 Å². The highest BCUT2D eigenvalue weighted by atomic mass is 35.5. The fourth-order valence-electron chi connectivity index (χ4n) is 1.05. The first-order valence-corrected chi connectivity index (χ1v) is 4.37. The van der Waals surface area contributed by atoms with Crippen LogP contribution in [0.25, 0.3) is 0 Å². The highest BCUT2D eigenvalue weighted by Gasteiger charge is 2.37. The van der Waals surface area contributed by atoms with Crippen molar-refractivity contribution in [3.63, 3.8) is 0 Å². The lowest BCUT2D eigenvalue weighted by atomic mass is 10.2. The van der Waals surface area contributed by atoms with Crippen LogP contribution in [0.5, 0.6) is 5.88 Å². The van der Waals surface area contributed by atoms with Gasteiger partial charge in [0.05, 0.1) is 4.92 Å². The maximum atomic E-state index is 12.0. The Morgan fingerprint density at radius 2 is 2.06 bits per heavy atom. The van der Waals surface area contributed by atoms with E-state index in [0.717, 1.165) is 0 Å². The summed E-state index contributed by atoms with van der Waals surface area (Å²) in [4.78, 5) is 32.5. The van der Waals surface area contributed by atoms with Gasteiger partial charge < -0.3 is 4.74 Å². The summed E-state index contributed by atoms with van der Waals surface area (Å²) in [5.74, 6) is -1.51. The Bertz CT molecular complexity index is 567. The maximum Gasteiger partial charge on any atom is 0.574 e. The van der Waals surface area contributed by atoms with E-state index in [4.69, 9.17) is 11.6 Å². The van der Waals surface area contributed by atoms with Crippen molar-refractivity contribution in [2.24, 2.45) is 0 Å². The van der Waals surface area contributed by atoms with Crippen molar-refractivity contribution in [1.82, 2.24) is 4.98 Å². The molecule has 0 saturated carbocycles. The molecule has 0 radical (unpaired) electrons. The fourth-order valence-corrected chi connectivity index (χ4v) is 1.19. The van der Waals surface area contributed by atoms with Crippen LogP contribution >= 0.6 is 11.6 Å². The van der Waals surface area contributed by atoms with E-state index >= 15 is 0 Å². The van der Waals surface area contributed by atoms with Crippen molar-refractivity contribution in [1.29, 1.82) is 0 Å². The van der Waals surface area contributed by atoms with Gasteiger partial charge in [-0.25, -0.2) is 0 Å². The molecule has 1 heterocycles. The highest BCUT2D eigenvalue weighted by molar-refractivity contribution is 6.68. The first kappa shape index (κ1) is 14.0. The zero-order chi connectivity index (χ0) is 14.1.